The number of rotatable bonds is 94. The van der Waals surface area contributed by atoms with Crippen LogP contribution in [0.25, 0.3) is 0 Å². The molecule has 0 bridgehead atoms. The zero-order valence-electron chi connectivity index (χ0n) is 83.3. The molecular weight excluding hydrogens is 1580 g/mol. The molecule has 0 aliphatic heterocycles. The Kier molecular flexibility index (Phi) is 73.3. The molecule has 0 amide bonds. The van der Waals surface area contributed by atoms with Crippen LogP contribution >= 0.6 is 0 Å². The van der Waals surface area contributed by atoms with E-state index in [4.69, 9.17) is 56.8 Å². The molecular formula is C113H192O14. The van der Waals surface area contributed by atoms with Gasteiger partial charge in [-0.3, -0.25) is 0 Å². The molecule has 0 fully saturated rings. The van der Waals surface area contributed by atoms with Crippen molar-refractivity contribution >= 4 is 11.9 Å². The number of esters is 2. The van der Waals surface area contributed by atoms with E-state index in [0.717, 1.165) is 138 Å². The summed E-state index contributed by atoms with van der Waals surface area (Å²) in [6, 6.07) is 23.1. The van der Waals surface area contributed by atoms with Gasteiger partial charge in [-0.15, -0.1) is 0 Å². The second-order valence-corrected chi connectivity index (χ2v) is 37.1. The highest BCUT2D eigenvalue weighted by Gasteiger charge is 2.37. The van der Waals surface area contributed by atoms with Gasteiger partial charge in [-0.25, -0.2) is 9.59 Å². The van der Waals surface area contributed by atoms with Crippen LogP contribution in [0.1, 0.15) is 498 Å². The SMILES string of the molecule is CCCCCCCCCCOc1ccc(COCC(COCc2ccc(OCCCCCCCCCC)c(OCCCCCCCCCC)c2)(COC(=O)c2ccc(OCCCCCCCCCC)c(OCCCCCCCCCC)c2)COC(=O)c2ccc(OCCCCCCCCCC)c(OCCCCCCCCCC)c2)cc1OCCCCCCCCCC. The number of carbonyl (C=O) groups excluding carboxylic acids is 2. The Bertz CT molecular complexity index is 2960. The van der Waals surface area contributed by atoms with Gasteiger partial charge in [-0.2, -0.15) is 0 Å². The van der Waals surface area contributed by atoms with Crippen molar-refractivity contribution in [3.63, 3.8) is 0 Å². The molecule has 0 N–H and O–H groups in total. The fraction of sp³-hybridized carbons (Fsp3) is 0.770. The van der Waals surface area contributed by atoms with Gasteiger partial charge in [0.05, 0.1) is 95.8 Å². The fourth-order valence-corrected chi connectivity index (χ4v) is 16.5. The Morgan fingerprint density at radius 3 is 0.575 bits per heavy atom. The summed E-state index contributed by atoms with van der Waals surface area (Å²) in [5.41, 5.74) is 1.11. The van der Waals surface area contributed by atoms with Gasteiger partial charge < -0.3 is 56.8 Å². The molecule has 4 aromatic rings. The zero-order valence-corrected chi connectivity index (χ0v) is 83.3. The molecule has 728 valence electrons. The van der Waals surface area contributed by atoms with Gasteiger partial charge in [-0.1, -0.05) is 427 Å². The minimum absolute atomic E-state index is 0.0336. The van der Waals surface area contributed by atoms with E-state index < -0.39 is 17.4 Å². The van der Waals surface area contributed by atoms with Gasteiger partial charge in [0.1, 0.15) is 13.2 Å². The van der Waals surface area contributed by atoms with E-state index in [-0.39, 0.29) is 39.6 Å². The predicted octanol–water partition coefficient (Wildman–Crippen LogP) is 34.3. The summed E-state index contributed by atoms with van der Waals surface area (Å²) in [6.45, 7) is 22.4. The van der Waals surface area contributed by atoms with E-state index in [0.29, 0.717) is 98.5 Å². The van der Waals surface area contributed by atoms with Gasteiger partial charge in [0.2, 0.25) is 0 Å². The van der Waals surface area contributed by atoms with Crippen molar-refractivity contribution in [2.45, 2.75) is 480 Å². The van der Waals surface area contributed by atoms with Crippen LogP contribution in [0, 0.1) is 5.41 Å². The highest BCUT2D eigenvalue weighted by molar-refractivity contribution is 5.91. The Morgan fingerprint density at radius 2 is 0.370 bits per heavy atom. The summed E-state index contributed by atoms with van der Waals surface area (Å²) in [5, 5.41) is 0. The molecule has 0 saturated carbocycles. The first kappa shape index (κ1) is 113. The fourth-order valence-electron chi connectivity index (χ4n) is 16.5. The minimum atomic E-state index is -1.28. The first-order chi connectivity index (χ1) is 62.7. The summed E-state index contributed by atoms with van der Waals surface area (Å²) in [6.07, 6.45) is 76.6. The maximum absolute atomic E-state index is 15.2. The van der Waals surface area contributed by atoms with E-state index in [1.54, 1.807) is 24.3 Å². The van der Waals surface area contributed by atoms with E-state index in [1.165, 1.54) is 295 Å². The molecule has 14 nitrogen and oxygen atoms in total. The lowest BCUT2D eigenvalue weighted by Crippen LogP contribution is -2.43. The second-order valence-electron chi connectivity index (χ2n) is 37.1. The van der Waals surface area contributed by atoms with Crippen molar-refractivity contribution in [3.05, 3.63) is 95.1 Å². The van der Waals surface area contributed by atoms with Crippen LogP contribution in [0.4, 0.5) is 0 Å². The predicted molar refractivity (Wildman–Crippen MR) is 533 cm³/mol. The van der Waals surface area contributed by atoms with Crippen molar-refractivity contribution in [2.75, 3.05) is 79.3 Å². The highest BCUT2D eigenvalue weighted by Crippen LogP contribution is 2.36. The molecule has 127 heavy (non-hydrogen) atoms. The summed E-state index contributed by atoms with van der Waals surface area (Å²) >= 11 is 0. The van der Waals surface area contributed by atoms with Gasteiger partial charge in [0.25, 0.3) is 0 Å². The average Bonchev–Trinajstić information content (AvgIpc) is 0.830. The van der Waals surface area contributed by atoms with E-state index in [1.807, 2.05) is 24.3 Å². The molecule has 0 aliphatic rings. The molecule has 0 saturated heterocycles. The van der Waals surface area contributed by atoms with Gasteiger partial charge >= 0.3 is 11.9 Å². The van der Waals surface area contributed by atoms with Crippen LogP contribution in [0.3, 0.4) is 0 Å². The van der Waals surface area contributed by atoms with Crippen LogP contribution in [0.5, 0.6) is 46.0 Å². The summed E-state index contributed by atoms with van der Waals surface area (Å²) in [5.74, 6) is 3.99. The number of carbonyl (C=O) groups is 2. The van der Waals surface area contributed by atoms with Crippen molar-refractivity contribution < 1.29 is 66.4 Å². The molecule has 14 heteroatoms. The van der Waals surface area contributed by atoms with Gasteiger partial charge in [0, 0.05) is 0 Å². The Morgan fingerprint density at radius 1 is 0.197 bits per heavy atom. The Labute approximate surface area is 779 Å². The Hall–Kier alpha value is -5.86. The van der Waals surface area contributed by atoms with Crippen molar-refractivity contribution in [1.82, 2.24) is 0 Å². The monoisotopic (exact) mass is 1770 g/mol. The van der Waals surface area contributed by atoms with Crippen LogP contribution in [-0.2, 0) is 32.2 Å². The van der Waals surface area contributed by atoms with E-state index in [2.05, 4.69) is 79.7 Å². The van der Waals surface area contributed by atoms with Crippen LogP contribution in [0.15, 0.2) is 72.8 Å². The second kappa shape index (κ2) is 82.1. The summed E-state index contributed by atoms with van der Waals surface area (Å²) in [4.78, 5) is 30.4. The molecule has 0 unspecified atom stereocenters. The summed E-state index contributed by atoms with van der Waals surface area (Å²) < 4.78 is 80.1. The number of hydrogen-bond donors (Lipinski definition) is 0. The molecule has 4 aromatic carbocycles. The number of unbranched alkanes of at least 4 members (excludes halogenated alkanes) is 56. The smallest absolute Gasteiger partial charge is 0.338 e. The van der Waals surface area contributed by atoms with Crippen LogP contribution in [-0.4, -0.2) is 91.2 Å². The Balaban J connectivity index is 1.84. The average molecular weight is 1770 g/mol. The standard InChI is InChI=1S/C113H192O14/c1-9-17-25-33-41-49-57-65-81-118-103-77-73-99(89-107(103)122-85-69-61-53-45-37-29-21-13-5)93-116-95-113(96-117-94-100-74-78-104(119-82-66-58-50-42-34-26-18-10-2)108(90-100)123-86-70-62-54-46-38-30-22-14-6,97-126-111(114)101-75-79-105(120-83-67-59-51-43-35-27-19-11-3)109(91-101)124-87-71-63-55-47-39-31-23-15-7)98-127-112(115)102-76-80-106(121-84-68-60-52-44-36-28-20-12-4)110(92-102)125-88-72-64-56-48-40-32-24-16-8/h73-80,89-92H,9-72,81-88,93-98H2,1-8H3. The quantitative estimate of drug-likeness (QED) is 0.0305. The van der Waals surface area contributed by atoms with E-state index >= 15 is 9.59 Å². The highest BCUT2D eigenvalue weighted by atomic mass is 16.6. The third-order valence-electron chi connectivity index (χ3n) is 24.8. The lowest BCUT2D eigenvalue weighted by Gasteiger charge is -2.32. The van der Waals surface area contributed by atoms with Crippen LogP contribution < -0.4 is 37.9 Å². The molecule has 0 heterocycles. The lowest BCUT2D eigenvalue weighted by molar-refractivity contribution is -0.0918. The van der Waals surface area contributed by atoms with Crippen LogP contribution in [0.2, 0.25) is 0 Å². The lowest BCUT2D eigenvalue weighted by atomic mass is 9.92. The van der Waals surface area contributed by atoms with Crippen molar-refractivity contribution in [1.29, 1.82) is 0 Å². The zero-order chi connectivity index (χ0) is 90.7. The maximum Gasteiger partial charge on any atom is 0.338 e. The molecule has 0 spiro atoms. The van der Waals surface area contributed by atoms with Crippen molar-refractivity contribution in [3.8, 4) is 46.0 Å². The molecule has 0 atom stereocenters. The molecule has 4 rings (SSSR count). The topological polar surface area (TPSA) is 145 Å². The minimum Gasteiger partial charge on any atom is -0.490 e. The number of benzene rings is 4. The van der Waals surface area contributed by atoms with E-state index in [9.17, 15) is 0 Å². The van der Waals surface area contributed by atoms with Crippen molar-refractivity contribution in [2.24, 2.45) is 5.41 Å². The normalized spacial score (nSPS) is 11.5. The molecule has 0 aromatic heterocycles. The third kappa shape index (κ3) is 59.3. The molecule has 0 aliphatic carbocycles. The third-order valence-corrected chi connectivity index (χ3v) is 24.8. The van der Waals surface area contributed by atoms with Gasteiger partial charge in [0.15, 0.2) is 46.0 Å². The largest absolute Gasteiger partial charge is 0.490 e. The number of ether oxygens (including phenoxy) is 12. The van der Waals surface area contributed by atoms with Gasteiger partial charge in [-0.05, 0) is 123 Å². The molecule has 0 radical (unpaired) electrons. The first-order valence-corrected chi connectivity index (χ1v) is 53.7. The number of hydrogen-bond acceptors (Lipinski definition) is 14. The first-order valence-electron chi connectivity index (χ1n) is 53.7. The summed E-state index contributed by atoms with van der Waals surface area (Å²) in [7, 11) is 0. The maximum atomic E-state index is 15.2.